The molecule has 1 saturated carbocycles. The lowest BCUT2D eigenvalue weighted by Crippen LogP contribution is -2.31. The molecule has 1 atom stereocenters. The Morgan fingerprint density at radius 2 is 2.06 bits per heavy atom. The third kappa shape index (κ3) is 5.24. The Kier molecular flexibility index (Phi) is 6.09. The summed E-state index contributed by atoms with van der Waals surface area (Å²) in [4.78, 5) is 6.33. The zero-order valence-electron chi connectivity index (χ0n) is 11.4. The number of nitrogens with zero attached hydrogens (tertiary/aromatic N) is 2. The van der Waals surface area contributed by atoms with Crippen molar-refractivity contribution in [1.82, 2.24) is 4.90 Å². The molecule has 98 valence electrons. The third-order valence-corrected chi connectivity index (χ3v) is 3.62. The highest BCUT2D eigenvalue weighted by atomic mass is 15.2. The van der Waals surface area contributed by atoms with Gasteiger partial charge in [0, 0.05) is 14.1 Å². The van der Waals surface area contributed by atoms with Crippen LogP contribution in [0.1, 0.15) is 44.9 Å². The van der Waals surface area contributed by atoms with Crippen molar-refractivity contribution in [3.05, 3.63) is 12.7 Å². The maximum atomic E-state index is 5.83. The van der Waals surface area contributed by atoms with Gasteiger partial charge < -0.3 is 10.6 Å². The van der Waals surface area contributed by atoms with Crippen LogP contribution in [0.5, 0.6) is 0 Å². The number of nitrogens with two attached hydrogens (primary N) is 1. The molecule has 1 fully saturated rings. The topological polar surface area (TPSA) is 41.6 Å². The van der Waals surface area contributed by atoms with Crippen LogP contribution in [0.2, 0.25) is 0 Å². The largest absolute Gasteiger partial charge is 0.370 e. The summed E-state index contributed by atoms with van der Waals surface area (Å²) >= 11 is 0. The molecule has 3 nitrogen and oxygen atoms in total. The predicted octanol–water partition coefficient (Wildman–Crippen LogP) is 2.78. The van der Waals surface area contributed by atoms with Gasteiger partial charge in [-0.25, -0.2) is 4.99 Å². The molecule has 0 radical (unpaired) electrons. The predicted molar refractivity (Wildman–Crippen MR) is 75.1 cm³/mol. The third-order valence-electron chi connectivity index (χ3n) is 3.62. The smallest absolute Gasteiger partial charge is 0.191 e. The van der Waals surface area contributed by atoms with Gasteiger partial charge in [0.15, 0.2) is 5.96 Å². The van der Waals surface area contributed by atoms with Crippen molar-refractivity contribution in [2.24, 2.45) is 16.6 Å². The zero-order valence-corrected chi connectivity index (χ0v) is 11.4. The summed E-state index contributed by atoms with van der Waals surface area (Å²) in [5, 5.41) is 0. The van der Waals surface area contributed by atoms with Gasteiger partial charge in [0.05, 0.1) is 6.04 Å². The van der Waals surface area contributed by atoms with E-state index in [1.807, 2.05) is 25.1 Å². The van der Waals surface area contributed by atoms with Crippen molar-refractivity contribution in [2.75, 3.05) is 14.1 Å². The van der Waals surface area contributed by atoms with Crippen LogP contribution in [-0.4, -0.2) is 31.0 Å². The van der Waals surface area contributed by atoms with Crippen molar-refractivity contribution in [3.63, 3.8) is 0 Å². The number of aliphatic imine (C=N–C) groups is 1. The summed E-state index contributed by atoms with van der Waals surface area (Å²) < 4.78 is 0. The van der Waals surface area contributed by atoms with Crippen LogP contribution in [0.4, 0.5) is 0 Å². The molecular weight excluding hydrogens is 210 g/mol. The molecule has 0 spiro atoms. The quantitative estimate of drug-likeness (QED) is 0.454. The van der Waals surface area contributed by atoms with E-state index >= 15 is 0 Å². The molecule has 1 rings (SSSR count). The van der Waals surface area contributed by atoms with Crippen LogP contribution in [0.3, 0.4) is 0 Å². The lowest BCUT2D eigenvalue weighted by molar-refractivity contribution is 0.328. The van der Waals surface area contributed by atoms with Gasteiger partial charge >= 0.3 is 0 Å². The lowest BCUT2D eigenvalue weighted by Gasteiger charge is -2.22. The van der Waals surface area contributed by atoms with E-state index in [1.165, 1.54) is 38.5 Å². The Morgan fingerprint density at radius 3 is 2.59 bits per heavy atom. The molecule has 17 heavy (non-hydrogen) atoms. The van der Waals surface area contributed by atoms with Crippen molar-refractivity contribution < 1.29 is 0 Å². The fourth-order valence-corrected chi connectivity index (χ4v) is 2.40. The van der Waals surface area contributed by atoms with E-state index < -0.39 is 0 Å². The van der Waals surface area contributed by atoms with Gasteiger partial charge in [-0.2, -0.15) is 0 Å². The minimum Gasteiger partial charge on any atom is -0.370 e. The molecule has 0 bridgehead atoms. The Balaban J connectivity index is 2.36. The SMILES string of the molecule is C=CC(CCC1CCCCC1)N=C(N)N(C)C. The van der Waals surface area contributed by atoms with Gasteiger partial charge in [0.25, 0.3) is 0 Å². The van der Waals surface area contributed by atoms with Crippen LogP contribution in [-0.2, 0) is 0 Å². The number of guanidine groups is 1. The Bertz CT molecular complexity index is 252. The molecular formula is C14H27N3. The van der Waals surface area contributed by atoms with E-state index in [2.05, 4.69) is 11.6 Å². The Morgan fingerprint density at radius 1 is 1.41 bits per heavy atom. The van der Waals surface area contributed by atoms with Crippen molar-refractivity contribution in [3.8, 4) is 0 Å². The van der Waals surface area contributed by atoms with Crippen molar-refractivity contribution >= 4 is 5.96 Å². The van der Waals surface area contributed by atoms with E-state index in [9.17, 15) is 0 Å². The number of hydrogen-bond donors (Lipinski definition) is 1. The fourth-order valence-electron chi connectivity index (χ4n) is 2.40. The highest BCUT2D eigenvalue weighted by Crippen LogP contribution is 2.28. The van der Waals surface area contributed by atoms with Crippen LogP contribution >= 0.6 is 0 Å². The van der Waals surface area contributed by atoms with Gasteiger partial charge in [-0.1, -0.05) is 38.2 Å². The zero-order chi connectivity index (χ0) is 12.7. The van der Waals surface area contributed by atoms with E-state index in [4.69, 9.17) is 5.73 Å². The number of hydrogen-bond acceptors (Lipinski definition) is 1. The molecule has 0 saturated heterocycles. The molecule has 1 aliphatic rings. The van der Waals surface area contributed by atoms with Crippen LogP contribution in [0.25, 0.3) is 0 Å². The Hall–Kier alpha value is -0.990. The summed E-state index contributed by atoms with van der Waals surface area (Å²) in [5.41, 5.74) is 5.83. The average molecular weight is 237 g/mol. The molecule has 0 aromatic carbocycles. The monoisotopic (exact) mass is 237 g/mol. The summed E-state index contributed by atoms with van der Waals surface area (Å²) in [6.07, 6.45) is 11.3. The summed E-state index contributed by atoms with van der Waals surface area (Å²) in [6.45, 7) is 3.86. The second kappa shape index (κ2) is 7.36. The maximum absolute atomic E-state index is 5.83. The molecule has 1 aliphatic carbocycles. The van der Waals surface area contributed by atoms with Gasteiger partial charge in [-0.3, -0.25) is 0 Å². The van der Waals surface area contributed by atoms with Gasteiger partial charge in [0.1, 0.15) is 0 Å². The molecule has 0 aliphatic heterocycles. The molecule has 0 aromatic rings. The number of rotatable bonds is 5. The second-order valence-electron chi connectivity index (χ2n) is 5.27. The van der Waals surface area contributed by atoms with Crippen LogP contribution in [0, 0.1) is 5.92 Å². The summed E-state index contributed by atoms with van der Waals surface area (Å²) in [6, 6.07) is 0.180. The molecule has 3 heteroatoms. The fraction of sp³-hybridized carbons (Fsp3) is 0.786. The molecule has 2 N–H and O–H groups in total. The average Bonchev–Trinajstić information content (AvgIpc) is 2.35. The maximum Gasteiger partial charge on any atom is 0.191 e. The highest BCUT2D eigenvalue weighted by molar-refractivity contribution is 5.77. The van der Waals surface area contributed by atoms with E-state index in [0.29, 0.717) is 5.96 Å². The molecule has 1 unspecified atom stereocenters. The first-order chi connectivity index (χ1) is 8.13. The van der Waals surface area contributed by atoms with E-state index in [-0.39, 0.29) is 6.04 Å². The summed E-state index contributed by atoms with van der Waals surface area (Å²) in [5.74, 6) is 1.50. The standard InChI is InChI=1S/C14H27N3/c1-4-13(16-14(15)17(2)3)11-10-12-8-6-5-7-9-12/h4,12-13H,1,5-11H2,2-3H3,(H2,15,16). The van der Waals surface area contributed by atoms with Crippen LogP contribution in [0.15, 0.2) is 17.6 Å². The first-order valence-corrected chi connectivity index (χ1v) is 6.76. The van der Waals surface area contributed by atoms with E-state index in [0.717, 1.165) is 12.3 Å². The highest BCUT2D eigenvalue weighted by Gasteiger charge is 2.15. The minimum atomic E-state index is 0.180. The lowest BCUT2D eigenvalue weighted by atomic mass is 9.85. The van der Waals surface area contributed by atoms with E-state index in [1.54, 1.807) is 0 Å². The first-order valence-electron chi connectivity index (χ1n) is 6.76. The second-order valence-corrected chi connectivity index (χ2v) is 5.27. The summed E-state index contributed by atoms with van der Waals surface area (Å²) in [7, 11) is 3.83. The molecule has 0 heterocycles. The molecule has 0 amide bonds. The minimum absolute atomic E-state index is 0.180. The van der Waals surface area contributed by atoms with Gasteiger partial charge in [0.2, 0.25) is 0 Å². The van der Waals surface area contributed by atoms with Crippen LogP contribution < -0.4 is 5.73 Å². The van der Waals surface area contributed by atoms with Crippen molar-refractivity contribution in [1.29, 1.82) is 0 Å². The Labute approximate surface area is 106 Å². The van der Waals surface area contributed by atoms with Gasteiger partial charge in [-0.05, 0) is 18.8 Å². The van der Waals surface area contributed by atoms with Gasteiger partial charge in [-0.15, -0.1) is 6.58 Å². The van der Waals surface area contributed by atoms with Crippen molar-refractivity contribution in [2.45, 2.75) is 51.0 Å². The molecule has 0 aromatic heterocycles. The normalized spacial score (nSPS) is 20.0. The first kappa shape index (κ1) is 14.1.